The van der Waals surface area contributed by atoms with Crippen LogP contribution in [0.3, 0.4) is 0 Å². The molecule has 5 nitrogen and oxygen atoms in total. The van der Waals surface area contributed by atoms with Crippen LogP contribution in [0.25, 0.3) is 0 Å². The predicted molar refractivity (Wildman–Crippen MR) is 102 cm³/mol. The number of likely N-dealkylation sites (N-methyl/N-ethyl adjacent to an activating group) is 1. The molecular formula is C19H22ClN3O2. The fourth-order valence-corrected chi connectivity index (χ4v) is 2.57. The Hall–Kier alpha value is -2.37. The van der Waals surface area contributed by atoms with E-state index in [9.17, 15) is 9.59 Å². The van der Waals surface area contributed by atoms with E-state index in [2.05, 4.69) is 10.6 Å². The summed E-state index contributed by atoms with van der Waals surface area (Å²) in [6.07, 6.45) is 0. The smallest absolute Gasteiger partial charge is 0.238 e. The number of nitrogens with zero attached hydrogens (tertiary/aromatic N) is 1. The van der Waals surface area contributed by atoms with Gasteiger partial charge in [0, 0.05) is 16.4 Å². The number of aryl methyl sites for hydroxylation is 2. The zero-order valence-electron chi connectivity index (χ0n) is 14.6. The minimum atomic E-state index is -0.184. The third-order valence-corrected chi connectivity index (χ3v) is 3.86. The predicted octanol–water partition coefficient (Wildman–Crippen LogP) is 3.47. The number of halogens is 1. The minimum absolute atomic E-state index is 0.114. The molecule has 6 heteroatoms. The lowest BCUT2D eigenvalue weighted by Crippen LogP contribution is -2.36. The molecule has 0 aliphatic carbocycles. The molecule has 2 aromatic rings. The fraction of sp³-hybridized carbons (Fsp3) is 0.263. The number of anilines is 2. The highest BCUT2D eigenvalue weighted by Crippen LogP contribution is 2.19. The first-order chi connectivity index (χ1) is 11.8. The Balaban J connectivity index is 1.82. The molecule has 2 rings (SSSR count). The number of amides is 2. The van der Waals surface area contributed by atoms with Crippen molar-refractivity contribution in [1.29, 1.82) is 0 Å². The molecule has 0 aromatic heterocycles. The molecule has 0 unspecified atom stereocenters. The van der Waals surface area contributed by atoms with Crippen LogP contribution in [0.15, 0.2) is 42.5 Å². The minimum Gasteiger partial charge on any atom is -0.325 e. The normalized spacial score (nSPS) is 10.6. The molecule has 2 aromatic carbocycles. The van der Waals surface area contributed by atoms with Gasteiger partial charge in [0.15, 0.2) is 0 Å². The zero-order valence-corrected chi connectivity index (χ0v) is 15.4. The zero-order chi connectivity index (χ0) is 18.4. The second-order valence-electron chi connectivity index (χ2n) is 6.09. The van der Waals surface area contributed by atoms with E-state index in [1.807, 2.05) is 38.1 Å². The summed E-state index contributed by atoms with van der Waals surface area (Å²) in [6, 6.07) is 12.8. The van der Waals surface area contributed by atoms with Crippen molar-refractivity contribution in [3.05, 3.63) is 58.6 Å². The van der Waals surface area contributed by atoms with E-state index >= 15 is 0 Å². The molecule has 0 radical (unpaired) electrons. The van der Waals surface area contributed by atoms with E-state index in [0.29, 0.717) is 10.7 Å². The number of carbonyl (C=O) groups excluding carboxylic acids is 2. The molecule has 0 aliphatic heterocycles. The van der Waals surface area contributed by atoms with E-state index in [1.165, 1.54) is 0 Å². The third-order valence-electron chi connectivity index (χ3n) is 3.62. The van der Waals surface area contributed by atoms with Crippen molar-refractivity contribution < 1.29 is 9.59 Å². The van der Waals surface area contributed by atoms with Gasteiger partial charge in [0.2, 0.25) is 11.8 Å². The summed E-state index contributed by atoms with van der Waals surface area (Å²) < 4.78 is 0. The first-order valence-corrected chi connectivity index (χ1v) is 8.32. The number of nitrogens with one attached hydrogen (secondary N) is 2. The summed E-state index contributed by atoms with van der Waals surface area (Å²) in [5, 5.41) is 6.26. The summed E-state index contributed by atoms with van der Waals surface area (Å²) in [5.41, 5.74) is 3.47. The molecule has 0 spiro atoms. The third kappa shape index (κ3) is 6.21. The van der Waals surface area contributed by atoms with E-state index in [0.717, 1.165) is 16.8 Å². The first-order valence-electron chi connectivity index (χ1n) is 7.94. The molecule has 132 valence electrons. The van der Waals surface area contributed by atoms with Gasteiger partial charge in [-0.3, -0.25) is 14.5 Å². The maximum atomic E-state index is 12.1. The molecule has 0 aliphatic rings. The van der Waals surface area contributed by atoms with Crippen LogP contribution in [-0.2, 0) is 9.59 Å². The van der Waals surface area contributed by atoms with Crippen LogP contribution in [0.2, 0.25) is 5.02 Å². The van der Waals surface area contributed by atoms with Gasteiger partial charge in [-0.25, -0.2) is 0 Å². The van der Waals surface area contributed by atoms with Crippen molar-refractivity contribution >= 4 is 34.8 Å². The highest BCUT2D eigenvalue weighted by Gasteiger charge is 2.12. The lowest BCUT2D eigenvalue weighted by Gasteiger charge is -2.16. The maximum Gasteiger partial charge on any atom is 0.238 e. The van der Waals surface area contributed by atoms with Gasteiger partial charge in [-0.1, -0.05) is 29.3 Å². The van der Waals surface area contributed by atoms with Gasteiger partial charge < -0.3 is 10.6 Å². The van der Waals surface area contributed by atoms with Gasteiger partial charge >= 0.3 is 0 Å². The average molecular weight is 360 g/mol. The summed E-state index contributed by atoms with van der Waals surface area (Å²) >= 11 is 5.90. The summed E-state index contributed by atoms with van der Waals surface area (Å²) in [7, 11) is 1.73. The molecule has 25 heavy (non-hydrogen) atoms. The van der Waals surface area contributed by atoms with Crippen molar-refractivity contribution in [3.8, 4) is 0 Å². The number of rotatable bonds is 6. The van der Waals surface area contributed by atoms with Crippen LogP contribution in [0, 0.1) is 13.8 Å². The van der Waals surface area contributed by atoms with Crippen molar-refractivity contribution in [2.75, 3.05) is 30.8 Å². The van der Waals surface area contributed by atoms with Crippen LogP contribution in [0.4, 0.5) is 11.4 Å². The monoisotopic (exact) mass is 359 g/mol. The second kappa shape index (κ2) is 8.65. The standard InChI is InChI=1S/C19H22ClN3O2/c1-13-4-7-16(8-5-13)21-18(24)11-23(3)12-19(25)22-17-9-6-15(20)10-14(17)2/h4-10H,11-12H2,1-3H3,(H,21,24)(H,22,25). The lowest BCUT2D eigenvalue weighted by atomic mass is 10.2. The van der Waals surface area contributed by atoms with Crippen molar-refractivity contribution in [2.24, 2.45) is 0 Å². The van der Waals surface area contributed by atoms with E-state index in [4.69, 9.17) is 11.6 Å². The lowest BCUT2D eigenvalue weighted by molar-refractivity contribution is -0.119. The highest BCUT2D eigenvalue weighted by molar-refractivity contribution is 6.30. The van der Waals surface area contributed by atoms with Crippen molar-refractivity contribution in [2.45, 2.75) is 13.8 Å². The summed E-state index contributed by atoms with van der Waals surface area (Å²) in [4.78, 5) is 25.8. The quantitative estimate of drug-likeness (QED) is 0.830. The Kier molecular flexibility index (Phi) is 6.56. The average Bonchev–Trinajstić information content (AvgIpc) is 2.52. The number of carbonyl (C=O) groups is 2. The highest BCUT2D eigenvalue weighted by atomic mass is 35.5. The molecule has 0 fully saturated rings. The molecular weight excluding hydrogens is 338 g/mol. The summed E-state index contributed by atoms with van der Waals surface area (Å²) in [5.74, 6) is -0.349. The molecule has 0 heterocycles. The van der Waals surface area contributed by atoms with Gasteiger partial charge in [-0.2, -0.15) is 0 Å². The Labute approximate surface area is 153 Å². The van der Waals surface area contributed by atoms with Crippen LogP contribution in [0.5, 0.6) is 0 Å². The van der Waals surface area contributed by atoms with Gasteiger partial charge in [0.25, 0.3) is 0 Å². The van der Waals surface area contributed by atoms with Crippen LogP contribution >= 0.6 is 11.6 Å². The largest absolute Gasteiger partial charge is 0.325 e. The first kappa shape index (κ1) is 19.0. The number of hydrogen-bond acceptors (Lipinski definition) is 3. The Morgan fingerprint density at radius 2 is 1.56 bits per heavy atom. The van der Waals surface area contributed by atoms with Crippen LogP contribution < -0.4 is 10.6 Å². The SMILES string of the molecule is Cc1ccc(NC(=O)CN(C)CC(=O)Nc2ccc(Cl)cc2C)cc1. The number of benzene rings is 2. The number of hydrogen-bond donors (Lipinski definition) is 2. The topological polar surface area (TPSA) is 61.4 Å². The Bertz CT molecular complexity index is 760. The van der Waals surface area contributed by atoms with E-state index in [-0.39, 0.29) is 24.9 Å². The maximum absolute atomic E-state index is 12.1. The van der Waals surface area contributed by atoms with Crippen LogP contribution in [0.1, 0.15) is 11.1 Å². The second-order valence-corrected chi connectivity index (χ2v) is 6.53. The van der Waals surface area contributed by atoms with Gasteiger partial charge in [-0.15, -0.1) is 0 Å². The molecule has 0 atom stereocenters. The van der Waals surface area contributed by atoms with Gasteiger partial charge in [0.1, 0.15) is 0 Å². The van der Waals surface area contributed by atoms with Crippen molar-refractivity contribution in [1.82, 2.24) is 4.90 Å². The Morgan fingerprint density at radius 3 is 2.16 bits per heavy atom. The molecule has 0 bridgehead atoms. The van der Waals surface area contributed by atoms with Gasteiger partial charge in [-0.05, 0) is 56.8 Å². The molecule has 0 saturated heterocycles. The van der Waals surface area contributed by atoms with E-state index in [1.54, 1.807) is 30.1 Å². The van der Waals surface area contributed by atoms with Gasteiger partial charge in [0.05, 0.1) is 13.1 Å². The summed E-state index contributed by atoms with van der Waals surface area (Å²) in [6.45, 7) is 4.10. The Morgan fingerprint density at radius 1 is 0.960 bits per heavy atom. The van der Waals surface area contributed by atoms with Crippen LogP contribution in [-0.4, -0.2) is 36.9 Å². The fourth-order valence-electron chi connectivity index (χ4n) is 2.34. The van der Waals surface area contributed by atoms with E-state index < -0.39 is 0 Å². The molecule has 0 saturated carbocycles. The van der Waals surface area contributed by atoms with Crippen molar-refractivity contribution in [3.63, 3.8) is 0 Å². The molecule has 2 amide bonds. The molecule has 2 N–H and O–H groups in total.